The van der Waals surface area contributed by atoms with E-state index in [1.165, 1.54) is 43.5 Å². The van der Waals surface area contributed by atoms with Gasteiger partial charge in [-0.15, -0.1) is 0 Å². The lowest BCUT2D eigenvalue weighted by atomic mass is 9.91. The van der Waals surface area contributed by atoms with E-state index in [1.807, 2.05) is 12.2 Å². The van der Waals surface area contributed by atoms with Crippen molar-refractivity contribution in [3.05, 3.63) is 212 Å². The summed E-state index contributed by atoms with van der Waals surface area (Å²) in [6.45, 7) is 4.07. The first kappa shape index (κ1) is 34.0. The lowest BCUT2D eigenvalue weighted by Gasteiger charge is -2.16. The molecule has 9 aromatic carbocycles. The zero-order valence-electron chi connectivity index (χ0n) is 32.6. The molecule has 0 aliphatic heterocycles. The summed E-state index contributed by atoms with van der Waals surface area (Å²) in [6, 6.07) is 67.4. The summed E-state index contributed by atoms with van der Waals surface area (Å²) in [5, 5.41) is 10.5. The van der Waals surface area contributed by atoms with Crippen LogP contribution in [0.5, 0.6) is 0 Å². The van der Waals surface area contributed by atoms with Crippen LogP contribution in [0.25, 0.3) is 116 Å². The van der Waals surface area contributed by atoms with E-state index in [1.54, 1.807) is 0 Å². The van der Waals surface area contributed by atoms with Gasteiger partial charge in [0.05, 0.1) is 33.3 Å². The Hall–Kier alpha value is -8.08. The predicted molar refractivity (Wildman–Crippen MR) is 253 cm³/mol. The molecule has 0 fully saturated rings. The highest BCUT2D eigenvalue weighted by Crippen LogP contribution is 2.45. The van der Waals surface area contributed by atoms with Crippen LogP contribution in [-0.4, -0.2) is 19.1 Å². The maximum Gasteiger partial charge on any atom is 0.235 e. The fourth-order valence-electron chi connectivity index (χ4n) is 9.48. The van der Waals surface area contributed by atoms with Crippen LogP contribution < -0.4 is 0 Å². The second-order valence-electron chi connectivity index (χ2n) is 15.4. The first-order valence-corrected chi connectivity index (χ1v) is 20.4. The Morgan fingerprint density at radius 2 is 1.03 bits per heavy atom. The van der Waals surface area contributed by atoms with Crippen molar-refractivity contribution in [2.75, 3.05) is 0 Å². The zero-order chi connectivity index (χ0) is 39.7. The summed E-state index contributed by atoms with van der Waals surface area (Å²) >= 11 is 0. The molecule has 12 aromatic rings. The van der Waals surface area contributed by atoms with Crippen LogP contribution >= 0.6 is 0 Å². The fraction of sp³-hybridized carbons (Fsp3) is 0. The molecule has 0 saturated heterocycles. The van der Waals surface area contributed by atoms with Gasteiger partial charge in [0.25, 0.3) is 0 Å². The van der Waals surface area contributed by atoms with Gasteiger partial charge in [0, 0.05) is 43.6 Å². The molecular formula is C56H36N4. The van der Waals surface area contributed by atoms with Crippen LogP contribution in [0.4, 0.5) is 0 Å². The molecule has 0 atom stereocenters. The second kappa shape index (κ2) is 13.5. The maximum atomic E-state index is 5.48. The molecule has 280 valence electrons. The largest absolute Gasteiger partial charge is 0.309 e. The third kappa shape index (κ3) is 5.11. The fourth-order valence-corrected chi connectivity index (χ4v) is 9.48. The molecule has 0 N–H and O–H groups in total. The van der Waals surface area contributed by atoms with Crippen molar-refractivity contribution in [3.63, 3.8) is 0 Å². The summed E-state index contributed by atoms with van der Waals surface area (Å²) in [5.41, 5.74) is 11.9. The summed E-state index contributed by atoms with van der Waals surface area (Å²) in [4.78, 5) is 10.8. The van der Waals surface area contributed by atoms with Crippen molar-refractivity contribution < 1.29 is 0 Å². The topological polar surface area (TPSA) is 35.6 Å². The second-order valence-corrected chi connectivity index (χ2v) is 15.4. The number of aromatic nitrogens is 4. The van der Waals surface area contributed by atoms with Gasteiger partial charge in [-0.1, -0.05) is 164 Å². The number of allylic oxidation sites excluding steroid dienone is 2. The number of hydrogen-bond acceptors (Lipinski definition) is 2. The molecule has 0 unspecified atom stereocenters. The maximum absolute atomic E-state index is 5.48. The zero-order valence-corrected chi connectivity index (χ0v) is 32.6. The monoisotopic (exact) mass is 764 g/mol. The molecule has 3 heterocycles. The summed E-state index contributed by atoms with van der Waals surface area (Å²) < 4.78 is 4.66. The first-order valence-electron chi connectivity index (χ1n) is 20.4. The van der Waals surface area contributed by atoms with Crippen molar-refractivity contribution in [1.82, 2.24) is 19.1 Å². The molecule has 12 rings (SSSR count). The van der Waals surface area contributed by atoms with Crippen LogP contribution in [0, 0.1) is 0 Å². The van der Waals surface area contributed by atoms with Crippen molar-refractivity contribution in [2.24, 2.45) is 0 Å². The Morgan fingerprint density at radius 3 is 1.83 bits per heavy atom. The quantitative estimate of drug-likeness (QED) is 0.158. The van der Waals surface area contributed by atoms with E-state index in [9.17, 15) is 0 Å². The molecule has 0 aliphatic carbocycles. The number of benzene rings is 9. The van der Waals surface area contributed by atoms with Gasteiger partial charge in [-0.05, 0) is 81.4 Å². The summed E-state index contributed by atoms with van der Waals surface area (Å²) in [5.74, 6) is 0.634. The molecule has 0 saturated carbocycles. The van der Waals surface area contributed by atoms with E-state index in [4.69, 9.17) is 9.97 Å². The normalized spacial score (nSPS) is 12.0. The molecule has 4 nitrogen and oxygen atoms in total. The van der Waals surface area contributed by atoms with Gasteiger partial charge in [-0.3, -0.25) is 4.57 Å². The molecule has 0 spiro atoms. The van der Waals surface area contributed by atoms with Crippen LogP contribution in [0.15, 0.2) is 207 Å². The predicted octanol–water partition coefficient (Wildman–Crippen LogP) is 14.7. The molecule has 0 radical (unpaired) electrons. The first-order chi connectivity index (χ1) is 29.7. The summed E-state index contributed by atoms with van der Waals surface area (Å²) in [7, 11) is 0. The average molecular weight is 765 g/mol. The van der Waals surface area contributed by atoms with Crippen molar-refractivity contribution in [1.29, 1.82) is 0 Å². The van der Waals surface area contributed by atoms with E-state index < -0.39 is 0 Å². The van der Waals surface area contributed by atoms with Crippen molar-refractivity contribution >= 4 is 82.1 Å². The minimum Gasteiger partial charge on any atom is -0.309 e. The number of fused-ring (bicyclic) bond motifs is 10. The highest BCUT2D eigenvalue weighted by molar-refractivity contribution is 6.23. The van der Waals surface area contributed by atoms with Gasteiger partial charge in [-0.2, -0.15) is 0 Å². The molecule has 0 bridgehead atoms. The van der Waals surface area contributed by atoms with Gasteiger partial charge in [0.2, 0.25) is 5.95 Å². The summed E-state index contributed by atoms with van der Waals surface area (Å²) in [6.07, 6.45) is 6.06. The standard InChI is InChI=1S/C56H36N4/c1-2-3-18-37-33-53-48(34-46(37)47-35-49-42-26-13-15-31-51(42)59(38-21-5-4-6-22-38)55(49)44-27-10-9-24-40(44)47)41-25-12-16-32-52(41)60(53)56-57-50-30-14-11-28-45(50)54(58-56)43-29-17-20-36-19-7-8-23-39(36)43/h2-35H,1H2/b18-3-. The Labute approximate surface area is 346 Å². The van der Waals surface area contributed by atoms with Crippen LogP contribution in [0.2, 0.25) is 0 Å². The van der Waals surface area contributed by atoms with Crippen LogP contribution in [0.3, 0.4) is 0 Å². The minimum atomic E-state index is 0.634. The van der Waals surface area contributed by atoms with Gasteiger partial charge in [-0.25, -0.2) is 9.97 Å². The van der Waals surface area contributed by atoms with Gasteiger partial charge in [0.15, 0.2) is 0 Å². The van der Waals surface area contributed by atoms with Gasteiger partial charge >= 0.3 is 0 Å². The third-order valence-electron chi connectivity index (χ3n) is 12.1. The van der Waals surface area contributed by atoms with E-state index in [2.05, 4.69) is 210 Å². The number of nitrogens with zero attached hydrogens (tertiary/aromatic N) is 4. The number of hydrogen-bond donors (Lipinski definition) is 0. The molecule has 4 heteroatoms. The Morgan fingerprint density at radius 1 is 0.417 bits per heavy atom. The van der Waals surface area contributed by atoms with E-state index >= 15 is 0 Å². The number of rotatable bonds is 6. The Bertz CT molecular complexity index is 3730. The molecule has 0 amide bonds. The smallest absolute Gasteiger partial charge is 0.235 e. The van der Waals surface area contributed by atoms with Crippen molar-refractivity contribution in [2.45, 2.75) is 0 Å². The van der Waals surface area contributed by atoms with Gasteiger partial charge < -0.3 is 4.57 Å². The minimum absolute atomic E-state index is 0.634. The third-order valence-corrected chi connectivity index (χ3v) is 12.1. The van der Waals surface area contributed by atoms with Crippen LogP contribution in [0.1, 0.15) is 5.56 Å². The van der Waals surface area contributed by atoms with E-state index in [0.717, 1.165) is 66.2 Å². The van der Waals surface area contributed by atoms with Gasteiger partial charge in [0.1, 0.15) is 0 Å². The molecule has 3 aromatic heterocycles. The molecule has 0 aliphatic rings. The lowest BCUT2D eigenvalue weighted by Crippen LogP contribution is -2.04. The molecular weight excluding hydrogens is 729 g/mol. The van der Waals surface area contributed by atoms with Crippen LogP contribution in [-0.2, 0) is 0 Å². The van der Waals surface area contributed by atoms with Crippen molar-refractivity contribution in [3.8, 4) is 34.0 Å². The Balaban J connectivity index is 1.17. The average Bonchev–Trinajstić information content (AvgIpc) is 3.82. The van der Waals surface area contributed by atoms with E-state index in [0.29, 0.717) is 5.95 Å². The number of para-hydroxylation sites is 4. The molecule has 60 heavy (non-hydrogen) atoms. The van der Waals surface area contributed by atoms with E-state index in [-0.39, 0.29) is 0 Å². The highest BCUT2D eigenvalue weighted by atomic mass is 15.2. The highest BCUT2D eigenvalue weighted by Gasteiger charge is 2.22. The Kier molecular flexibility index (Phi) is 7.66. The SMILES string of the molecule is C=C/C=C\c1cc2c(cc1-c1cc3c4ccccc4n(-c4ccccc4)c3c3ccccc13)c1ccccc1n2-c1nc(-c2cccc3ccccc23)c2ccccc2n1. The lowest BCUT2D eigenvalue weighted by molar-refractivity contribution is 1.01.